The van der Waals surface area contributed by atoms with E-state index in [2.05, 4.69) is 4.99 Å². The highest BCUT2D eigenvalue weighted by Crippen LogP contribution is 2.20. The summed E-state index contributed by atoms with van der Waals surface area (Å²) < 4.78 is 48.0. The summed E-state index contributed by atoms with van der Waals surface area (Å²) in [5.41, 5.74) is 0.732. The number of rotatable bonds is 10. The Morgan fingerprint density at radius 2 is 1.83 bits per heavy atom. The van der Waals surface area contributed by atoms with E-state index < -0.39 is 27.7 Å². The summed E-state index contributed by atoms with van der Waals surface area (Å²) in [5, 5.41) is 0. The Kier molecular flexibility index (Phi) is 8.92. The van der Waals surface area contributed by atoms with Gasteiger partial charge in [-0.25, -0.2) is 12.8 Å². The van der Waals surface area contributed by atoms with Gasteiger partial charge < -0.3 is 9.30 Å². The minimum absolute atomic E-state index is 0.0988. The Labute approximate surface area is 207 Å². The standard InChI is InChI=1S/C24H28FN3O5S2/c1-4-7-14-27(5-2)35(31,32)19-11-8-17(9-12-19)23(30)26-24-28(16-22(29)33-6-3)20-13-10-18(25)15-21(20)34-24/h8-13,15H,4-7,14,16H2,1-3H3. The molecule has 0 aliphatic heterocycles. The fourth-order valence-corrected chi connectivity index (χ4v) is 6.01. The topological polar surface area (TPSA) is 98.0 Å². The van der Waals surface area contributed by atoms with Crippen LogP contribution in [0, 0.1) is 5.82 Å². The molecule has 0 unspecified atom stereocenters. The van der Waals surface area contributed by atoms with Crippen LogP contribution in [0.3, 0.4) is 0 Å². The fourth-order valence-electron chi connectivity index (χ4n) is 3.47. The summed E-state index contributed by atoms with van der Waals surface area (Å²) in [7, 11) is -3.67. The first-order valence-electron chi connectivity index (χ1n) is 11.3. The number of halogens is 1. The lowest BCUT2D eigenvalue weighted by Gasteiger charge is -2.20. The largest absolute Gasteiger partial charge is 0.465 e. The minimum Gasteiger partial charge on any atom is -0.465 e. The number of nitrogens with zero attached hydrogens (tertiary/aromatic N) is 3. The van der Waals surface area contributed by atoms with Crippen LogP contribution in [-0.2, 0) is 26.1 Å². The molecule has 11 heteroatoms. The van der Waals surface area contributed by atoms with Gasteiger partial charge in [0.15, 0.2) is 4.80 Å². The summed E-state index contributed by atoms with van der Waals surface area (Å²) >= 11 is 1.07. The molecule has 2 aromatic carbocycles. The van der Waals surface area contributed by atoms with Gasteiger partial charge in [0.1, 0.15) is 12.4 Å². The van der Waals surface area contributed by atoms with E-state index >= 15 is 0 Å². The second-order valence-electron chi connectivity index (χ2n) is 7.68. The van der Waals surface area contributed by atoms with E-state index in [1.54, 1.807) is 13.8 Å². The van der Waals surface area contributed by atoms with E-state index in [0.29, 0.717) is 23.3 Å². The van der Waals surface area contributed by atoms with Crippen LogP contribution in [0.25, 0.3) is 10.2 Å². The summed E-state index contributed by atoms with van der Waals surface area (Å²) in [6, 6.07) is 9.69. The van der Waals surface area contributed by atoms with E-state index in [-0.39, 0.29) is 28.4 Å². The first-order chi connectivity index (χ1) is 16.7. The van der Waals surface area contributed by atoms with Crippen LogP contribution in [0.5, 0.6) is 0 Å². The van der Waals surface area contributed by atoms with Gasteiger partial charge in [0.05, 0.1) is 21.7 Å². The molecule has 3 rings (SSSR count). The van der Waals surface area contributed by atoms with Crippen molar-refractivity contribution in [3.8, 4) is 0 Å². The third-order valence-corrected chi connectivity index (χ3v) is 8.32. The minimum atomic E-state index is -3.67. The molecule has 0 radical (unpaired) electrons. The number of carbonyl (C=O) groups is 2. The molecule has 0 N–H and O–H groups in total. The zero-order valence-corrected chi connectivity index (χ0v) is 21.5. The molecule has 0 bridgehead atoms. The van der Waals surface area contributed by atoms with Gasteiger partial charge in [-0.1, -0.05) is 31.6 Å². The number of hydrogen-bond donors (Lipinski definition) is 0. The average molecular weight is 522 g/mol. The van der Waals surface area contributed by atoms with Crippen molar-refractivity contribution < 1.29 is 27.1 Å². The number of fused-ring (bicyclic) bond motifs is 1. The average Bonchev–Trinajstić information content (AvgIpc) is 3.15. The molecule has 188 valence electrons. The number of sulfonamides is 1. The number of esters is 1. The summed E-state index contributed by atoms with van der Waals surface area (Å²) in [5.74, 6) is -1.57. The van der Waals surface area contributed by atoms with Crippen molar-refractivity contribution in [1.29, 1.82) is 0 Å². The third kappa shape index (κ3) is 6.22. The van der Waals surface area contributed by atoms with Crippen LogP contribution in [0.1, 0.15) is 44.0 Å². The molecule has 0 spiro atoms. The highest BCUT2D eigenvalue weighted by atomic mass is 32.2. The predicted octanol–water partition coefficient (Wildman–Crippen LogP) is 3.96. The summed E-state index contributed by atoms with van der Waals surface area (Å²) in [6.07, 6.45) is 1.63. The Hall–Kier alpha value is -2.89. The number of carbonyl (C=O) groups excluding carboxylic acids is 2. The predicted molar refractivity (Wildman–Crippen MR) is 132 cm³/mol. The molecule has 0 saturated heterocycles. The third-order valence-electron chi connectivity index (χ3n) is 5.29. The lowest BCUT2D eigenvalue weighted by molar-refractivity contribution is -0.143. The monoisotopic (exact) mass is 521 g/mol. The Morgan fingerprint density at radius 3 is 2.46 bits per heavy atom. The quantitative estimate of drug-likeness (QED) is 0.376. The van der Waals surface area contributed by atoms with Crippen LogP contribution in [-0.4, -0.2) is 48.9 Å². The van der Waals surface area contributed by atoms with Gasteiger partial charge in [0.2, 0.25) is 10.0 Å². The van der Waals surface area contributed by atoms with Crippen LogP contribution >= 0.6 is 11.3 Å². The van der Waals surface area contributed by atoms with Crippen LogP contribution in [0.2, 0.25) is 0 Å². The van der Waals surface area contributed by atoms with Gasteiger partial charge in [-0.3, -0.25) is 9.59 Å². The van der Waals surface area contributed by atoms with Gasteiger partial charge in [0.25, 0.3) is 5.91 Å². The second kappa shape index (κ2) is 11.7. The molecule has 3 aromatic rings. The molecule has 0 aliphatic rings. The van der Waals surface area contributed by atoms with Gasteiger partial charge >= 0.3 is 5.97 Å². The van der Waals surface area contributed by atoms with Crippen LogP contribution < -0.4 is 4.80 Å². The van der Waals surface area contributed by atoms with E-state index in [4.69, 9.17) is 4.74 Å². The number of thiazole rings is 1. The van der Waals surface area contributed by atoms with Crippen molar-refractivity contribution in [3.05, 3.63) is 58.6 Å². The van der Waals surface area contributed by atoms with Crippen molar-refractivity contribution >= 4 is 43.5 Å². The molecule has 8 nitrogen and oxygen atoms in total. The number of unbranched alkanes of at least 4 members (excludes halogenated alkanes) is 1. The van der Waals surface area contributed by atoms with Gasteiger partial charge in [-0.15, -0.1) is 0 Å². The first kappa shape index (κ1) is 26.7. The van der Waals surface area contributed by atoms with Crippen molar-refractivity contribution in [1.82, 2.24) is 8.87 Å². The second-order valence-corrected chi connectivity index (χ2v) is 10.6. The summed E-state index contributed by atoms with van der Waals surface area (Å²) in [4.78, 5) is 29.4. The number of benzene rings is 2. The highest BCUT2D eigenvalue weighted by molar-refractivity contribution is 7.89. The maximum atomic E-state index is 13.7. The Balaban J connectivity index is 1.95. The number of hydrogen-bond acceptors (Lipinski definition) is 6. The van der Waals surface area contributed by atoms with E-state index in [1.165, 1.54) is 51.3 Å². The molecule has 35 heavy (non-hydrogen) atoms. The molecular formula is C24H28FN3O5S2. The SMILES string of the molecule is CCCCN(CC)S(=O)(=O)c1ccc(C(=O)N=c2sc3cc(F)ccc3n2CC(=O)OCC)cc1. The van der Waals surface area contributed by atoms with Crippen molar-refractivity contribution in [2.45, 2.75) is 45.1 Å². The molecule has 1 amide bonds. The first-order valence-corrected chi connectivity index (χ1v) is 13.6. The molecule has 0 saturated carbocycles. The number of aromatic nitrogens is 1. The Morgan fingerprint density at radius 1 is 1.11 bits per heavy atom. The van der Waals surface area contributed by atoms with Crippen LogP contribution in [0.15, 0.2) is 52.4 Å². The molecular weight excluding hydrogens is 493 g/mol. The zero-order valence-electron chi connectivity index (χ0n) is 19.9. The van der Waals surface area contributed by atoms with E-state index in [9.17, 15) is 22.4 Å². The lowest BCUT2D eigenvalue weighted by Crippen LogP contribution is -2.31. The molecule has 1 aromatic heterocycles. The smallest absolute Gasteiger partial charge is 0.326 e. The molecule has 0 fully saturated rings. The number of ether oxygens (including phenoxy) is 1. The lowest BCUT2D eigenvalue weighted by atomic mass is 10.2. The van der Waals surface area contributed by atoms with Crippen molar-refractivity contribution in [2.24, 2.45) is 4.99 Å². The maximum absolute atomic E-state index is 13.7. The zero-order chi connectivity index (χ0) is 25.6. The van der Waals surface area contributed by atoms with Crippen molar-refractivity contribution in [3.63, 3.8) is 0 Å². The van der Waals surface area contributed by atoms with Crippen molar-refractivity contribution in [2.75, 3.05) is 19.7 Å². The number of amides is 1. The normalized spacial score (nSPS) is 12.4. The molecule has 0 atom stereocenters. The maximum Gasteiger partial charge on any atom is 0.326 e. The van der Waals surface area contributed by atoms with Crippen LogP contribution in [0.4, 0.5) is 4.39 Å². The molecule has 1 heterocycles. The highest BCUT2D eigenvalue weighted by Gasteiger charge is 2.23. The Bertz CT molecular complexity index is 1380. The fraction of sp³-hybridized carbons (Fsp3) is 0.375. The summed E-state index contributed by atoms with van der Waals surface area (Å²) in [6.45, 7) is 6.26. The van der Waals surface area contributed by atoms with E-state index in [1.807, 2.05) is 6.92 Å². The molecule has 0 aliphatic carbocycles. The van der Waals surface area contributed by atoms with Gasteiger partial charge in [-0.2, -0.15) is 9.30 Å². The van der Waals surface area contributed by atoms with E-state index in [0.717, 1.165) is 24.2 Å². The van der Waals surface area contributed by atoms with Gasteiger partial charge in [0, 0.05) is 18.7 Å². The van der Waals surface area contributed by atoms with Gasteiger partial charge in [-0.05, 0) is 55.8 Å².